The van der Waals surface area contributed by atoms with Crippen LogP contribution in [0.2, 0.25) is 0 Å². The van der Waals surface area contributed by atoms with Crippen molar-refractivity contribution in [1.82, 2.24) is 9.55 Å². The minimum atomic E-state index is 0.268. The molecule has 3 rings (SSSR count). The Bertz CT molecular complexity index is 821. The van der Waals surface area contributed by atoms with E-state index in [0.717, 1.165) is 26.0 Å². The maximum Gasteiger partial charge on any atom is 0.145 e. The van der Waals surface area contributed by atoms with Crippen LogP contribution in [0.3, 0.4) is 0 Å². The molecule has 0 saturated heterocycles. The van der Waals surface area contributed by atoms with E-state index in [-0.39, 0.29) is 11.8 Å². The van der Waals surface area contributed by atoms with Gasteiger partial charge < -0.3 is 9.67 Å². The van der Waals surface area contributed by atoms with Gasteiger partial charge in [0.15, 0.2) is 0 Å². The van der Waals surface area contributed by atoms with E-state index in [1.807, 2.05) is 12.1 Å². The van der Waals surface area contributed by atoms with Gasteiger partial charge in [-0.3, -0.25) is 0 Å². The summed E-state index contributed by atoms with van der Waals surface area (Å²) in [6.45, 7) is 6.33. The molecule has 0 unspecified atom stereocenters. The van der Waals surface area contributed by atoms with Crippen molar-refractivity contribution in [2.24, 2.45) is 0 Å². The molecule has 0 spiro atoms. The summed E-state index contributed by atoms with van der Waals surface area (Å²) < 4.78 is 3.26. The molecule has 4 heteroatoms. The van der Waals surface area contributed by atoms with E-state index in [0.29, 0.717) is 0 Å². The Kier molecular flexibility index (Phi) is 3.65. The molecular formula is C17H17IN2O. The maximum absolute atomic E-state index is 10.2. The number of nitrogens with zero attached hydrogens (tertiary/aromatic N) is 2. The quantitative estimate of drug-likeness (QED) is 0.630. The zero-order chi connectivity index (χ0) is 15.1. The number of imidazole rings is 1. The maximum atomic E-state index is 10.2. The first-order chi connectivity index (χ1) is 9.97. The first kappa shape index (κ1) is 14.4. The van der Waals surface area contributed by atoms with Crippen LogP contribution >= 0.6 is 22.6 Å². The third kappa shape index (κ3) is 2.52. The van der Waals surface area contributed by atoms with E-state index < -0.39 is 0 Å². The number of aromatic nitrogens is 2. The van der Waals surface area contributed by atoms with Crippen molar-refractivity contribution >= 4 is 33.6 Å². The molecule has 21 heavy (non-hydrogen) atoms. The van der Waals surface area contributed by atoms with Crippen molar-refractivity contribution < 1.29 is 5.11 Å². The van der Waals surface area contributed by atoms with Crippen LogP contribution in [0.15, 0.2) is 36.4 Å². The molecule has 0 radical (unpaired) electrons. The number of rotatable bonds is 2. The van der Waals surface area contributed by atoms with Crippen LogP contribution in [-0.2, 0) is 0 Å². The zero-order valence-corrected chi connectivity index (χ0v) is 14.4. The highest BCUT2D eigenvalue weighted by Gasteiger charge is 2.17. The molecule has 1 heterocycles. The van der Waals surface area contributed by atoms with Crippen molar-refractivity contribution in [3.63, 3.8) is 0 Å². The standard InChI is InChI=1S/C17H17IN2O/c1-10(2)20-15-6-4-11(3)8-14(15)19-17(20)13-9-12(18)5-7-16(13)21/h4-10,21H,1-3H3. The van der Waals surface area contributed by atoms with Crippen LogP contribution in [0.25, 0.3) is 22.4 Å². The molecule has 0 fully saturated rings. The molecule has 0 amide bonds. The van der Waals surface area contributed by atoms with Gasteiger partial charge in [-0.1, -0.05) is 6.07 Å². The van der Waals surface area contributed by atoms with Crippen molar-refractivity contribution in [3.05, 3.63) is 45.5 Å². The number of hydrogen-bond donors (Lipinski definition) is 1. The van der Waals surface area contributed by atoms with Gasteiger partial charge in [-0.15, -0.1) is 0 Å². The Labute approximate surface area is 137 Å². The highest BCUT2D eigenvalue weighted by Crippen LogP contribution is 2.34. The summed E-state index contributed by atoms with van der Waals surface area (Å²) in [6.07, 6.45) is 0. The molecule has 0 aliphatic carbocycles. The Morgan fingerprint density at radius 2 is 1.90 bits per heavy atom. The average Bonchev–Trinajstić information content (AvgIpc) is 2.79. The summed E-state index contributed by atoms with van der Waals surface area (Å²) in [4.78, 5) is 4.77. The second-order valence-corrected chi connectivity index (χ2v) is 6.80. The van der Waals surface area contributed by atoms with Crippen molar-refractivity contribution in [3.8, 4) is 17.1 Å². The largest absolute Gasteiger partial charge is 0.507 e. The van der Waals surface area contributed by atoms with Gasteiger partial charge in [0.1, 0.15) is 11.6 Å². The first-order valence-corrected chi connectivity index (χ1v) is 8.02. The molecule has 0 aliphatic rings. The van der Waals surface area contributed by atoms with E-state index >= 15 is 0 Å². The molecule has 3 aromatic rings. The zero-order valence-electron chi connectivity index (χ0n) is 12.3. The highest BCUT2D eigenvalue weighted by molar-refractivity contribution is 14.1. The van der Waals surface area contributed by atoms with Crippen LogP contribution in [0.5, 0.6) is 5.75 Å². The van der Waals surface area contributed by atoms with E-state index in [1.54, 1.807) is 6.07 Å². The van der Waals surface area contributed by atoms with Gasteiger partial charge in [-0.25, -0.2) is 4.98 Å². The summed E-state index contributed by atoms with van der Waals surface area (Å²) in [5.41, 5.74) is 4.04. The normalized spacial score (nSPS) is 11.5. The van der Waals surface area contributed by atoms with Gasteiger partial charge >= 0.3 is 0 Å². The number of phenols is 1. The van der Waals surface area contributed by atoms with Gasteiger partial charge in [0.05, 0.1) is 16.6 Å². The number of hydrogen-bond acceptors (Lipinski definition) is 2. The lowest BCUT2D eigenvalue weighted by atomic mass is 10.2. The van der Waals surface area contributed by atoms with Crippen LogP contribution < -0.4 is 0 Å². The lowest BCUT2D eigenvalue weighted by Crippen LogP contribution is -2.03. The average molecular weight is 392 g/mol. The fourth-order valence-electron chi connectivity index (χ4n) is 2.61. The summed E-state index contributed by atoms with van der Waals surface area (Å²) in [6, 6.07) is 12.2. The van der Waals surface area contributed by atoms with E-state index in [2.05, 4.69) is 66.1 Å². The van der Waals surface area contributed by atoms with Crippen LogP contribution in [0.4, 0.5) is 0 Å². The molecule has 0 atom stereocenters. The number of benzene rings is 2. The Morgan fingerprint density at radius 3 is 2.62 bits per heavy atom. The highest BCUT2D eigenvalue weighted by atomic mass is 127. The Hall–Kier alpha value is -1.56. The van der Waals surface area contributed by atoms with Gasteiger partial charge in [0, 0.05) is 9.61 Å². The van der Waals surface area contributed by atoms with Crippen molar-refractivity contribution in [2.75, 3.05) is 0 Å². The number of phenolic OH excluding ortho intramolecular Hbond substituents is 1. The summed E-state index contributed by atoms with van der Waals surface area (Å²) in [7, 11) is 0. The summed E-state index contributed by atoms with van der Waals surface area (Å²) in [5, 5.41) is 10.2. The first-order valence-electron chi connectivity index (χ1n) is 6.95. The molecular weight excluding hydrogens is 375 g/mol. The lowest BCUT2D eigenvalue weighted by molar-refractivity contribution is 0.476. The number of aromatic hydroxyl groups is 1. The van der Waals surface area contributed by atoms with Gasteiger partial charge in [0.25, 0.3) is 0 Å². The monoisotopic (exact) mass is 392 g/mol. The van der Waals surface area contributed by atoms with Crippen molar-refractivity contribution in [2.45, 2.75) is 26.8 Å². The molecule has 108 valence electrons. The van der Waals surface area contributed by atoms with Crippen molar-refractivity contribution in [1.29, 1.82) is 0 Å². The topological polar surface area (TPSA) is 38.1 Å². The minimum Gasteiger partial charge on any atom is -0.507 e. The third-order valence-corrected chi connectivity index (χ3v) is 4.23. The number of halogens is 1. The second-order valence-electron chi connectivity index (χ2n) is 5.55. The van der Waals surface area contributed by atoms with E-state index in [1.165, 1.54) is 5.56 Å². The van der Waals surface area contributed by atoms with Gasteiger partial charge in [0.2, 0.25) is 0 Å². The van der Waals surface area contributed by atoms with Crippen LogP contribution in [0.1, 0.15) is 25.5 Å². The Morgan fingerprint density at radius 1 is 1.14 bits per heavy atom. The smallest absolute Gasteiger partial charge is 0.145 e. The van der Waals surface area contributed by atoms with E-state index in [4.69, 9.17) is 4.98 Å². The van der Waals surface area contributed by atoms with Gasteiger partial charge in [-0.05, 0) is 79.3 Å². The second kappa shape index (κ2) is 5.33. The molecule has 0 saturated carbocycles. The fourth-order valence-corrected chi connectivity index (χ4v) is 3.10. The molecule has 3 nitrogen and oxygen atoms in total. The molecule has 0 aliphatic heterocycles. The van der Waals surface area contributed by atoms with E-state index in [9.17, 15) is 5.11 Å². The molecule has 0 bridgehead atoms. The molecule has 1 N–H and O–H groups in total. The predicted octanol–water partition coefficient (Wildman–Crippen LogP) is 4.90. The molecule has 2 aromatic carbocycles. The van der Waals surface area contributed by atoms with Gasteiger partial charge in [-0.2, -0.15) is 0 Å². The lowest BCUT2D eigenvalue weighted by Gasteiger charge is -2.14. The summed E-state index contributed by atoms with van der Waals surface area (Å²) >= 11 is 2.25. The number of aryl methyl sites for hydroxylation is 1. The van der Waals surface area contributed by atoms with Crippen LogP contribution in [0, 0.1) is 10.5 Å². The summed E-state index contributed by atoms with van der Waals surface area (Å²) in [5.74, 6) is 1.09. The SMILES string of the molecule is Cc1ccc2c(c1)nc(-c1cc(I)ccc1O)n2C(C)C. The number of fused-ring (bicyclic) bond motifs is 1. The predicted molar refractivity (Wildman–Crippen MR) is 94.7 cm³/mol. The minimum absolute atomic E-state index is 0.268. The fraction of sp³-hybridized carbons (Fsp3) is 0.235. The molecule has 1 aromatic heterocycles. The Balaban J connectivity index is 2.36. The third-order valence-electron chi connectivity index (χ3n) is 3.56. The van der Waals surface area contributed by atoms with Crippen LogP contribution in [-0.4, -0.2) is 14.7 Å².